The normalized spacial score (nSPS) is 26.6. The molecule has 120 valence electrons. The van der Waals surface area contributed by atoms with Crippen LogP contribution < -0.4 is 5.32 Å². The third-order valence-electron chi connectivity index (χ3n) is 5.14. The third-order valence-corrected chi connectivity index (χ3v) is 5.14. The number of guanidine groups is 1. The fraction of sp³-hybridized carbons (Fsp3) is 0.611. The molecular formula is C18H28N4. The Kier molecular flexibility index (Phi) is 4.98. The number of nitrogens with one attached hydrogen (secondary N) is 1. The van der Waals surface area contributed by atoms with Gasteiger partial charge in [0.1, 0.15) is 0 Å². The molecule has 0 saturated carbocycles. The molecule has 2 atom stereocenters. The van der Waals surface area contributed by atoms with Crippen LogP contribution in [0.4, 0.5) is 0 Å². The van der Waals surface area contributed by atoms with Crippen molar-refractivity contribution in [2.75, 3.05) is 40.3 Å². The number of likely N-dealkylation sites (tertiary alicyclic amines) is 2. The fourth-order valence-electron chi connectivity index (χ4n) is 3.73. The Morgan fingerprint density at radius 1 is 1.23 bits per heavy atom. The second kappa shape index (κ2) is 7.14. The van der Waals surface area contributed by atoms with Crippen LogP contribution in [0, 0.1) is 0 Å². The SMILES string of the molecule is CN=C(NCC1CCCN1C)N1CCC(c2ccccc2)C1. The molecule has 4 heteroatoms. The number of hydrogen-bond acceptors (Lipinski definition) is 2. The van der Waals surface area contributed by atoms with Gasteiger partial charge in [0.15, 0.2) is 5.96 Å². The van der Waals surface area contributed by atoms with Gasteiger partial charge in [0, 0.05) is 38.6 Å². The first-order valence-corrected chi connectivity index (χ1v) is 8.48. The summed E-state index contributed by atoms with van der Waals surface area (Å²) in [6.45, 7) is 4.41. The molecule has 2 heterocycles. The molecule has 3 rings (SSSR count). The molecule has 0 aromatic heterocycles. The van der Waals surface area contributed by atoms with E-state index in [1.165, 1.54) is 31.4 Å². The highest BCUT2D eigenvalue weighted by Gasteiger charge is 2.27. The van der Waals surface area contributed by atoms with Crippen molar-refractivity contribution in [3.05, 3.63) is 35.9 Å². The molecule has 2 unspecified atom stereocenters. The van der Waals surface area contributed by atoms with Crippen molar-refractivity contribution in [1.82, 2.24) is 15.1 Å². The molecule has 0 bridgehead atoms. The number of rotatable bonds is 3. The first kappa shape index (κ1) is 15.3. The second-order valence-corrected chi connectivity index (χ2v) is 6.55. The first-order valence-electron chi connectivity index (χ1n) is 8.48. The molecule has 2 fully saturated rings. The second-order valence-electron chi connectivity index (χ2n) is 6.55. The number of benzene rings is 1. The van der Waals surface area contributed by atoms with Gasteiger partial charge in [-0.25, -0.2) is 0 Å². The molecule has 0 radical (unpaired) electrons. The molecular weight excluding hydrogens is 272 g/mol. The summed E-state index contributed by atoms with van der Waals surface area (Å²) >= 11 is 0. The van der Waals surface area contributed by atoms with Crippen molar-refractivity contribution in [3.63, 3.8) is 0 Å². The van der Waals surface area contributed by atoms with E-state index in [1.54, 1.807) is 0 Å². The van der Waals surface area contributed by atoms with Gasteiger partial charge in [-0.3, -0.25) is 4.99 Å². The van der Waals surface area contributed by atoms with Gasteiger partial charge in [-0.2, -0.15) is 0 Å². The lowest BCUT2D eigenvalue weighted by atomic mass is 9.99. The van der Waals surface area contributed by atoms with E-state index in [1.807, 2.05) is 7.05 Å². The molecule has 2 saturated heterocycles. The van der Waals surface area contributed by atoms with E-state index in [0.29, 0.717) is 12.0 Å². The van der Waals surface area contributed by atoms with E-state index in [4.69, 9.17) is 0 Å². The predicted molar refractivity (Wildman–Crippen MR) is 92.4 cm³/mol. The van der Waals surface area contributed by atoms with Gasteiger partial charge >= 0.3 is 0 Å². The molecule has 22 heavy (non-hydrogen) atoms. The van der Waals surface area contributed by atoms with Crippen molar-refractivity contribution in [3.8, 4) is 0 Å². The molecule has 0 spiro atoms. The van der Waals surface area contributed by atoms with Gasteiger partial charge in [0.2, 0.25) is 0 Å². The van der Waals surface area contributed by atoms with E-state index in [9.17, 15) is 0 Å². The quantitative estimate of drug-likeness (QED) is 0.685. The number of hydrogen-bond donors (Lipinski definition) is 1. The van der Waals surface area contributed by atoms with Crippen LogP contribution in [-0.2, 0) is 0 Å². The molecule has 1 aromatic rings. The smallest absolute Gasteiger partial charge is 0.193 e. The summed E-state index contributed by atoms with van der Waals surface area (Å²) in [7, 11) is 4.12. The van der Waals surface area contributed by atoms with Crippen LogP contribution >= 0.6 is 0 Å². The number of aliphatic imine (C=N–C) groups is 1. The Morgan fingerprint density at radius 3 is 2.73 bits per heavy atom. The average Bonchev–Trinajstić information content (AvgIpc) is 3.19. The summed E-state index contributed by atoms with van der Waals surface area (Å²) in [6.07, 6.45) is 3.84. The van der Waals surface area contributed by atoms with Crippen molar-refractivity contribution in [2.45, 2.75) is 31.2 Å². The van der Waals surface area contributed by atoms with Gasteiger partial charge in [-0.1, -0.05) is 30.3 Å². The molecule has 2 aliphatic heterocycles. The first-order chi connectivity index (χ1) is 10.8. The Balaban J connectivity index is 1.54. The number of nitrogens with zero attached hydrogens (tertiary/aromatic N) is 3. The van der Waals surface area contributed by atoms with Crippen LogP contribution in [0.1, 0.15) is 30.7 Å². The zero-order valence-electron chi connectivity index (χ0n) is 13.8. The number of likely N-dealkylation sites (N-methyl/N-ethyl adjacent to an activating group) is 1. The monoisotopic (exact) mass is 300 g/mol. The summed E-state index contributed by atoms with van der Waals surface area (Å²) < 4.78 is 0. The maximum Gasteiger partial charge on any atom is 0.193 e. The van der Waals surface area contributed by atoms with Gasteiger partial charge in [-0.05, 0) is 38.4 Å². The zero-order valence-corrected chi connectivity index (χ0v) is 13.8. The fourth-order valence-corrected chi connectivity index (χ4v) is 3.73. The highest BCUT2D eigenvalue weighted by molar-refractivity contribution is 5.80. The van der Waals surface area contributed by atoms with Crippen molar-refractivity contribution < 1.29 is 0 Å². The van der Waals surface area contributed by atoms with Crippen LogP contribution in [-0.4, -0.2) is 62.1 Å². The summed E-state index contributed by atoms with van der Waals surface area (Å²) in [5.74, 6) is 1.70. The molecule has 4 nitrogen and oxygen atoms in total. The molecule has 0 amide bonds. The summed E-state index contributed by atoms with van der Waals surface area (Å²) in [4.78, 5) is 9.36. The van der Waals surface area contributed by atoms with Gasteiger partial charge in [0.05, 0.1) is 0 Å². The summed E-state index contributed by atoms with van der Waals surface area (Å²) in [5.41, 5.74) is 1.45. The molecule has 1 aromatic carbocycles. The maximum absolute atomic E-state index is 4.50. The van der Waals surface area contributed by atoms with Crippen LogP contribution in [0.2, 0.25) is 0 Å². The summed E-state index contributed by atoms with van der Waals surface area (Å²) in [5, 5.41) is 3.59. The van der Waals surface area contributed by atoms with Gasteiger partial charge in [-0.15, -0.1) is 0 Å². The van der Waals surface area contributed by atoms with Crippen molar-refractivity contribution in [2.24, 2.45) is 4.99 Å². The minimum Gasteiger partial charge on any atom is -0.355 e. The lowest BCUT2D eigenvalue weighted by molar-refractivity contribution is 0.307. The zero-order chi connectivity index (χ0) is 15.4. The third kappa shape index (κ3) is 3.43. The molecule has 1 N–H and O–H groups in total. The van der Waals surface area contributed by atoms with Crippen LogP contribution in [0.15, 0.2) is 35.3 Å². The molecule has 2 aliphatic rings. The lowest BCUT2D eigenvalue weighted by Crippen LogP contribution is -2.45. The van der Waals surface area contributed by atoms with Crippen molar-refractivity contribution in [1.29, 1.82) is 0 Å². The predicted octanol–water partition coefficient (Wildman–Crippen LogP) is 2.15. The van der Waals surface area contributed by atoms with E-state index in [0.717, 1.165) is 25.6 Å². The Bertz CT molecular complexity index is 499. The van der Waals surface area contributed by atoms with E-state index in [2.05, 4.69) is 57.5 Å². The van der Waals surface area contributed by atoms with E-state index < -0.39 is 0 Å². The van der Waals surface area contributed by atoms with Crippen LogP contribution in [0.5, 0.6) is 0 Å². The Morgan fingerprint density at radius 2 is 2.05 bits per heavy atom. The van der Waals surface area contributed by atoms with Crippen molar-refractivity contribution >= 4 is 5.96 Å². The standard InChI is InChI=1S/C18H28N4/c1-19-18(20-13-17-9-6-11-21(17)2)22-12-10-16(14-22)15-7-4-3-5-8-15/h3-5,7-8,16-17H,6,9-14H2,1-2H3,(H,19,20). The average molecular weight is 300 g/mol. The highest BCUT2D eigenvalue weighted by Crippen LogP contribution is 2.26. The minimum absolute atomic E-state index is 0.633. The molecule has 0 aliphatic carbocycles. The topological polar surface area (TPSA) is 30.9 Å². The maximum atomic E-state index is 4.50. The van der Waals surface area contributed by atoms with E-state index >= 15 is 0 Å². The van der Waals surface area contributed by atoms with Gasteiger partial charge in [0.25, 0.3) is 0 Å². The van der Waals surface area contributed by atoms with Crippen LogP contribution in [0.25, 0.3) is 0 Å². The largest absolute Gasteiger partial charge is 0.355 e. The van der Waals surface area contributed by atoms with Crippen LogP contribution in [0.3, 0.4) is 0 Å². The highest BCUT2D eigenvalue weighted by atomic mass is 15.3. The Labute approximate surface area is 134 Å². The van der Waals surface area contributed by atoms with Gasteiger partial charge < -0.3 is 15.1 Å². The lowest BCUT2D eigenvalue weighted by Gasteiger charge is -2.25. The van der Waals surface area contributed by atoms with E-state index in [-0.39, 0.29) is 0 Å². The summed E-state index contributed by atoms with van der Waals surface area (Å²) in [6, 6.07) is 11.5. The Hall–Kier alpha value is -1.55. The minimum atomic E-state index is 0.633.